The zero-order valence-corrected chi connectivity index (χ0v) is 24.2. The quantitative estimate of drug-likeness (QED) is 0.274. The van der Waals surface area contributed by atoms with Crippen LogP contribution >= 0.6 is 34.8 Å². The summed E-state index contributed by atoms with van der Waals surface area (Å²) in [5.74, 6) is 0.482. The van der Waals surface area contributed by atoms with Crippen molar-refractivity contribution < 1.29 is 9.53 Å². The molecule has 4 rings (SSSR count). The van der Waals surface area contributed by atoms with E-state index in [1.54, 1.807) is 25.3 Å². The second-order valence-corrected chi connectivity index (χ2v) is 11.4. The SMILES string of the molecule is COc1cc(NC(=NC2CCCCC2)N2CCN[C@@H](C)C2)c(Cl)cc1C(CC(N)=O)c1ccc(Cl)cc1Cl. The number of nitrogens with one attached hydrogen (secondary N) is 2. The number of hydrogen-bond donors (Lipinski definition) is 3. The van der Waals surface area contributed by atoms with E-state index in [1.165, 1.54) is 19.3 Å². The maximum absolute atomic E-state index is 12.1. The molecule has 1 saturated carbocycles. The molecule has 38 heavy (non-hydrogen) atoms. The number of piperazine rings is 1. The van der Waals surface area contributed by atoms with Crippen LogP contribution in [0.15, 0.2) is 35.3 Å². The number of methoxy groups -OCH3 is 1. The molecule has 1 heterocycles. The predicted molar refractivity (Wildman–Crippen MR) is 157 cm³/mol. The smallest absolute Gasteiger partial charge is 0.218 e. The van der Waals surface area contributed by atoms with E-state index >= 15 is 0 Å². The second-order valence-electron chi connectivity index (χ2n) is 10.1. The zero-order valence-electron chi connectivity index (χ0n) is 21.9. The molecule has 0 radical (unpaired) electrons. The number of hydrogen-bond acceptors (Lipinski definition) is 4. The first kappa shape index (κ1) is 28.8. The minimum atomic E-state index is -0.462. The highest BCUT2D eigenvalue weighted by Gasteiger charge is 2.26. The average Bonchev–Trinajstić information content (AvgIpc) is 2.88. The topological polar surface area (TPSA) is 92.0 Å². The number of amides is 1. The van der Waals surface area contributed by atoms with Gasteiger partial charge in [-0.2, -0.15) is 0 Å². The van der Waals surface area contributed by atoms with Crippen molar-refractivity contribution in [3.8, 4) is 5.75 Å². The van der Waals surface area contributed by atoms with Crippen LogP contribution < -0.4 is 21.1 Å². The number of carbonyl (C=O) groups is 1. The van der Waals surface area contributed by atoms with Crippen molar-refractivity contribution in [2.45, 2.75) is 63.5 Å². The number of benzene rings is 2. The predicted octanol–water partition coefficient (Wildman–Crippen LogP) is 6.06. The van der Waals surface area contributed by atoms with Crippen LogP contribution in [0.3, 0.4) is 0 Å². The van der Waals surface area contributed by atoms with Crippen molar-refractivity contribution in [2.24, 2.45) is 10.7 Å². The number of anilines is 1. The fourth-order valence-electron chi connectivity index (χ4n) is 5.31. The fourth-order valence-corrected chi connectivity index (χ4v) is 6.07. The minimum Gasteiger partial charge on any atom is -0.496 e. The molecule has 10 heteroatoms. The second kappa shape index (κ2) is 13.2. The third-order valence-electron chi connectivity index (χ3n) is 7.23. The number of guanidine groups is 1. The summed E-state index contributed by atoms with van der Waals surface area (Å²) in [6, 6.07) is 9.52. The van der Waals surface area contributed by atoms with Crippen LogP contribution in [0.2, 0.25) is 15.1 Å². The highest BCUT2D eigenvalue weighted by molar-refractivity contribution is 6.35. The Balaban J connectivity index is 1.71. The van der Waals surface area contributed by atoms with Gasteiger partial charge in [-0.15, -0.1) is 0 Å². The van der Waals surface area contributed by atoms with Crippen LogP contribution in [0.5, 0.6) is 5.75 Å². The molecule has 7 nitrogen and oxygen atoms in total. The third-order valence-corrected chi connectivity index (χ3v) is 8.11. The lowest BCUT2D eigenvalue weighted by atomic mass is 9.87. The maximum Gasteiger partial charge on any atom is 0.218 e. The summed E-state index contributed by atoms with van der Waals surface area (Å²) in [5.41, 5.74) is 7.76. The lowest BCUT2D eigenvalue weighted by Crippen LogP contribution is -2.53. The van der Waals surface area contributed by atoms with Crippen LogP contribution in [0.4, 0.5) is 5.69 Å². The molecule has 1 aliphatic heterocycles. The molecule has 2 atom stereocenters. The molecule has 4 N–H and O–H groups in total. The molecule has 0 aromatic heterocycles. The molecule has 1 unspecified atom stereocenters. The van der Waals surface area contributed by atoms with E-state index in [0.29, 0.717) is 44.2 Å². The number of rotatable bonds is 7. The summed E-state index contributed by atoms with van der Waals surface area (Å²) < 4.78 is 5.80. The standard InChI is InChI=1S/C28H36Cl3N5O2/c1-17-16-36(11-10-33-17)28(34-19-6-4-3-5-7-19)35-25-15-26(38-2)22(13-24(25)31)21(14-27(32)37)20-9-8-18(29)12-23(20)30/h8-9,12-13,15,17,19,21,33H,3-7,10-11,14,16H2,1-2H3,(H2,32,37)(H,34,35)/t17-,21?/m0/s1. The number of carbonyl (C=O) groups excluding carboxylic acids is 1. The summed E-state index contributed by atoms with van der Waals surface area (Å²) in [7, 11) is 1.59. The monoisotopic (exact) mass is 579 g/mol. The van der Waals surface area contributed by atoms with Gasteiger partial charge in [-0.05, 0) is 43.5 Å². The largest absolute Gasteiger partial charge is 0.496 e. The highest BCUT2D eigenvalue weighted by Crippen LogP contribution is 2.42. The zero-order chi connectivity index (χ0) is 27.2. The Hall–Kier alpha value is -2.19. The first-order valence-corrected chi connectivity index (χ1v) is 14.3. The van der Waals surface area contributed by atoms with Crippen LogP contribution in [-0.2, 0) is 4.79 Å². The number of ether oxygens (including phenoxy) is 1. The molecule has 1 aliphatic carbocycles. The van der Waals surface area contributed by atoms with E-state index in [2.05, 4.69) is 22.5 Å². The summed E-state index contributed by atoms with van der Waals surface area (Å²) >= 11 is 19.5. The first-order chi connectivity index (χ1) is 18.2. The molecule has 2 fully saturated rings. The van der Waals surface area contributed by atoms with E-state index < -0.39 is 11.8 Å². The molecular weight excluding hydrogens is 545 g/mol. The Morgan fingerprint density at radius 2 is 1.92 bits per heavy atom. The molecule has 0 spiro atoms. The van der Waals surface area contributed by atoms with Gasteiger partial charge < -0.3 is 26.0 Å². The molecule has 0 bridgehead atoms. The summed E-state index contributed by atoms with van der Waals surface area (Å²) in [6.07, 6.45) is 5.91. The lowest BCUT2D eigenvalue weighted by molar-refractivity contribution is -0.118. The fraction of sp³-hybridized carbons (Fsp3) is 0.500. The van der Waals surface area contributed by atoms with Crippen molar-refractivity contribution in [2.75, 3.05) is 32.1 Å². The average molecular weight is 581 g/mol. The van der Waals surface area contributed by atoms with Gasteiger partial charge in [0.25, 0.3) is 0 Å². The van der Waals surface area contributed by atoms with E-state index in [1.807, 2.05) is 12.1 Å². The number of nitrogens with two attached hydrogens (primary N) is 1. The molecule has 206 valence electrons. The van der Waals surface area contributed by atoms with Crippen molar-refractivity contribution >= 4 is 52.4 Å². The number of aliphatic imine (C=N–C) groups is 1. The number of nitrogens with zero attached hydrogens (tertiary/aromatic N) is 2. The lowest BCUT2D eigenvalue weighted by Gasteiger charge is -2.35. The Kier molecular flexibility index (Phi) is 10.0. The molecular formula is C28H36Cl3N5O2. The molecule has 2 aromatic carbocycles. The van der Waals surface area contributed by atoms with E-state index in [4.69, 9.17) is 50.3 Å². The van der Waals surface area contributed by atoms with Gasteiger partial charge in [-0.1, -0.05) is 60.1 Å². The normalized spacial score (nSPS) is 19.8. The summed E-state index contributed by atoms with van der Waals surface area (Å²) in [5, 5.41) is 8.46. The number of primary amides is 1. The first-order valence-electron chi connectivity index (χ1n) is 13.2. The summed E-state index contributed by atoms with van der Waals surface area (Å²) in [6.45, 7) is 4.77. The minimum absolute atomic E-state index is 0.0356. The van der Waals surface area contributed by atoms with Gasteiger partial charge in [0.05, 0.1) is 23.9 Å². The van der Waals surface area contributed by atoms with Crippen molar-refractivity contribution in [1.29, 1.82) is 0 Å². The Bertz CT molecular complexity index is 1170. The number of halogens is 3. The van der Waals surface area contributed by atoms with Crippen molar-refractivity contribution in [3.05, 3.63) is 56.5 Å². The third kappa shape index (κ3) is 7.26. The summed E-state index contributed by atoms with van der Waals surface area (Å²) in [4.78, 5) is 19.5. The van der Waals surface area contributed by atoms with Crippen LogP contribution in [0.1, 0.15) is 62.5 Å². The van der Waals surface area contributed by atoms with E-state index in [9.17, 15) is 4.79 Å². The molecule has 1 saturated heterocycles. The maximum atomic E-state index is 12.1. The van der Waals surface area contributed by atoms with E-state index in [0.717, 1.165) is 44.0 Å². The van der Waals surface area contributed by atoms with Gasteiger partial charge >= 0.3 is 0 Å². The van der Waals surface area contributed by atoms with Gasteiger partial charge in [-0.3, -0.25) is 4.79 Å². The Morgan fingerprint density at radius 1 is 1.16 bits per heavy atom. The molecule has 1 amide bonds. The van der Waals surface area contributed by atoms with Gasteiger partial charge in [0.15, 0.2) is 5.96 Å². The van der Waals surface area contributed by atoms with Crippen LogP contribution in [-0.4, -0.2) is 55.6 Å². The van der Waals surface area contributed by atoms with Gasteiger partial charge in [0.1, 0.15) is 5.75 Å². The van der Waals surface area contributed by atoms with Crippen LogP contribution in [0, 0.1) is 0 Å². The Morgan fingerprint density at radius 3 is 2.58 bits per heavy atom. The van der Waals surface area contributed by atoms with Gasteiger partial charge in [0.2, 0.25) is 5.91 Å². The highest BCUT2D eigenvalue weighted by atomic mass is 35.5. The molecule has 2 aromatic rings. The van der Waals surface area contributed by atoms with Crippen LogP contribution in [0.25, 0.3) is 0 Å². The van der Waals surface area contributed by atoms with Crippen molar-refractivity contribution in [3.63, 3.8) is 0 Å². The molecule has 2 aliphatic rings. The van der Waals surface area contributed by atoms with Gasteiger partial charge in [0, 0.05) is 59.7 Å². The Labute approximate surface area is 240 Å². The van der Waals surface area contributed by atoms with Gasteiger partial charge in [-0.25, -0.2) is 4.99 Å². The van der Waals surface area contributed by atoms with Crippen molar-refractivity contribution in [1.82, 2.24) is 10.2 Å². The van der Waals surface area contributed by atoms with E-state index in [-0.39, 0.29) is 6.42 Å².